The fourth-order valence-electron chi connectivity index (χ4n) is 2.20. The van der Waals surface area contributed by atoms with Gasteiger partial charge in [0.05, 0.1) is 12.1 Å². The molecule has 0 aliphatic carbocycles. The Morgan fingerprint density at radius 2 is 2.05 bits per heavy atom. The molecule has 0 unspecified atom stereocenters. The molecule has 1 amide bonds. The van der Waals surface area contributed by atoms with Gasteiger partial charge in [-0.2, -0.15) is 0 Å². The van der Waals surface area contributed by atoms with Crippen LogP contribution in [0.4, 0.5) is 4.39 Å². The number of amides is 1. The van der Waals surface area contributed by atoms with Crippen molar-refractivity contribution in [1.82, 2.24) is 9.80 Å². The Morgan fingerprint density at radius 3 is 2.67 bits per heavy atom. The van der Waals surface area contributed by atoms with E-state index in [0.29, 0.717) is 37.2 Å². The first kappa shape index (κ1) is 15.7. The minimum Gasteiger partial charge on any atom is -0.409 e. The van der Waals surface area contributed by atoms with Crippen LogP contribution in [0.2, 0.25) is 0 Å². The first-order chi connectivity index (χ1) is 10.0. The second-order valence-electron chi connectivity index (χ2n) is 4.78. The van der Waals surface area contributed by atoms with Crippen LogP contribution in [0.25, 0.3) is 0 Å². The van der Waals surface area contributed by atoms with Gasteiger partial charge in [-0.3, -0.25) is 9.69 Å². The molecule has 1 heterocycles. The van der Waals surface area contributed by atoms with Gasteiger partial charge >= 0.3 is 0 Å². The molecule has 114 valence electrons. The Morgan fingerprint density at radius 1 is 1.38 bits per heavy atom. The third-order valence-electron chi connectivity index (χ3n) is 3.33. The van der Waals surface area contributed by atoms with E-state index in [4.69, 9.17) is 10.9 Å². The standard InChI is InChI=1S/C13H16BrFN4O2/c14-9-1-2-11(15)10(7-9)13(20)19-5-3-18(4-6-19)8-12(16)17-21/h1-2,7,21H,3-6,8H2,(H2,16,17). The summed E-state index contributed by atoms with van der Waals surface area (Å²) in [5.74, 6) is -0.715. The van der Waals surface area contributed by atoms with E-state index >= 15 is 0 Å². The summed E-state index contributed by atoms with van der Waals surface area (Å²) in [6, 6.07) is 4.31. The maximum atomic E-state index is 13.7. The van der Waals surface area contributed by atoms with Crippen LogP contribution >= 0.6 is 15.9 Å². The van der Waals surface area contributed by atoms with Gasteiger partial charge in [0.1, 0.15) is 5.82 Å². The van der Waals surface area contributed by atoms with E-state index in [0.717, 1.165) is 0 Å². The van der Waals surface area contributed by atoms with Crippen molar-refractivity contribution in [2.75, 3.05) is 32.7 Å². The number of benzene rings is 1. The quantitative estimate of drug-likeness (QED) is 0.366. The van der Waals surface area contributed by atoms with Crippen LogP contribution in [0.5, 0.6) is 0 Å². The van der Waals surface area contributed by atoms with E-state index < -0.39 is 5.82 Å². The summed E-state index contributed by atoms with van der Waals surface area (Å²) in [7, 11) is 0. The van der Waals surface area contributed by atoms with E-state index in [1.54, 1.807) is 11.0 Å². The minimum atomic E-state index is -0.526. The molecule has 3 N–H and O–H groups in total. The second-order valence-corrected chi connectivity index (χ2v) is 5.70. The first-order valence-electron chi connectivity index (χ1n) is 6.44. The molecule has 1 aliphatic heterocycles. The molecule has 1 fully saturated rings. The average molecular weight is 359 g/mol. The lowest BCUT2D eigenvalue weighted by Gasteiger charge is -2.34. The van der Waals surface area contributed by atoms with Crippen LogP contribution in [0.15, 0.2) is 27.8 Å². The summed E-state index contributed by atoms with van der Waals surface area (Å²) in [5, 5.41) is 11.5. The van der Waals surface area contributed by atoms with Crippen LogP contribution in [-0.4, -0.2) is 59.5 Å². The fourth-order valence-corrected chi connectivity index (χ4v) is 2.56. The summed E-state index contributed by atoms with van der Waals surface area (Å²) in [5.41, 5.74) is 5.51. The summed E-state index contributed by atoms with van der Waals surface area (Å²) in [4.78, 5) is 15.9. The van der Waals surface area contributed by atoms with E-state index in [2.05, 4.69) is 21.1 Å². The van der Waals surface area contributed by atoms with Crippen molar-refractivity contribution in [2.24, 2.45) is 10.9 Å². The highest BCUT2D eigenvalue weighted by Gasteiger charge is 2.24. The Hall–Kier alpha value is -1.67. The maximum Gasteiger partial charge on any atom is 0.256 e. The average Bonchev–Trinajstić information content (AvgIpc) is 2.49. The zero-order valence-corrected chi connectivity index (χ0v) is 12.9. The molecule has 21 heavy (non-hydrogen) atoms. The van der Waals surface area contributed by atoms with Crippen LogP contribution in [0, 0.1) is 5.82 Å². The summed E-state index contributed by atoms with van der Waals surface area (Å²) in [6.07, 6.45) is 0. The Labute approximate surface area is 130 Å². The van der Waals surface area contributed by atoms with Gasteiger partial charge in [-0.25, -0.2) is 4.39 Å². The number of halogens is 2. The van der Waals surface area contributed by atoms with E-state index in [1.807, 2.05) is 4.90 Å². The number of carbonyl (C=O) groups is 1. The van der Waals surface area contributed by atoms with Crippen molar-refractivity contribution >= 4 is 27.7 Å². The maximum absolute atomic E-state index is 13.7. The van der Waals surface area contributed by atoms with Crippen molar-refractivity contribution < 1.29 is 14.4 Å². The highest BCUT2D eigenvalue weighted by molar-refractivity contribution is 9.10. The Bertz CT molecular complexity index is 559. The number of rotatable bonds is 3. The monoisotopic (exact) mass is 358 g/mol. The van der Waals surface area contributed by atoms with Crippen molar-refractivity contribution in [3.05, 3.63) is 34.1 Å². The predicted octanol–water partition coefficient (Wildman–Crippen LogP) is 1.09. The molecule has 0 radical (unpaired) electrons. The highest BCUT2D eigenvalue weighted by atomic mass is 79.9. The normalized spacial score (nSPS) is 17.0. The van der Waals surface area contributed by atoms with Crippen molar-refractivity contribution in [2.45, 2.75) is 0 Å². The van der Waals surface area contributed by atoms with E-state index in [9.17, 15) is 9.18 Å². The lowest BCUT2D eigenvalue weighted by atomic mass is 10.1. The third kappa shape index (κ3) is 3.92. The zero-order valence-electron chi connectivity index (χ0n) is 11.3. The lowest BCUT2D eigenvalue weighted by molar-refractivity contribution is 0.0648. The number of hydrogen-bond donors (Lipinski definition) is 2. The number of oxime groups is 1. The minimum absolute atomic E-state index is 0.0641. The zero-order chi connectivity index (χ0) is 15.4. The Kier molecular flexibility index (Phi) is 5.13. The van der Waals surface area contributed by atoms with Crippen LogP contribution in [-0.2, 0) is 0 Å². The number of carbonyl (C=O) groups excluding carboxylic acids is 1. The molecule has 0 atom stereocenters. The molecular weight excluding hydrogens is 343 g/mol. The molecular formula is C13H16BrFN4O2. The number of nitrogens with two attached hydrogens (primary N) is 1. The molecule has 2 rings (SSSR count). The predicted molar refractivity (Wildman–Crippen MR) is 79.9 cm³/mol. The molecule has 0 spiro atoms. The molecule has 1 aromatic carbocycles. The molecule has 8 heteroatoms. The number of hydrogen-bond acceptors (Lipinski definition) is 4. The largest absolute Gasteiger partial charge is 0.409 e. The molecule has 0 saturated carbocycles. The summed E-state index contributed by atoms with van der Waals surface area (Å²) < 4.78 is 14.4. The molecule has 6 nitrogen and oxygen atoms in total. The molecule has 0 bridgehead atoms. The first-order valence-corrected chi connectivity index (χ1v) is 7.23. The van der Waals surface area contributed by atoms with E-state index in [1.165, 1.54) is 12.1 Å². The number of piperazine rings is 1. The van der Waals surface area contributed by atoms with Gasteiger partial charge in [0.2, 0.25) is 0 Å². The van der Waals surface area contributed by atoms with Gasteiger partial charge in [-0.05, 0) is 18.2 Å². The Balaban J connectivity index is 1.99. The molecule has 1 aliphatic rings. The summed E-state index contributed by atoms with van der Waals surface area (Å²) in [6.45, 7) is 2.49. The van der Waals surface area contributed by atoms with Crippen molar-refractivity contribution in [3.63, 3.8) is 0 Å². The smallest absolute Gasteiger partial charge is 0.256 e. The topological polar surface area (TPSA) is 82.2 Å². The fraction of sp³-hybridized carbons (Fsp3) is 0.385. The lowest BCUT2D eigenvalue weighted by Crippen LogP contribution is -2.50. The van der Waals surface area contributed by atoms with Gasteiger partial charge < -0.3 is 15.8 Å². The molecule has 1 saturated heterocycles. The second kappa shape index (κ2) is 6.86. The molecule has 1 aromatic rings. The van der Waals surface area contributed by atoms with Gasteiger partial charge in [-0.1, -0.05) is 21.1 Å². The van der Waals surface area contributed by atoms with Crippen LogP contribution in [0.3, 0.4) is 0 Å². The SMILES string of the molecule is NC(CN1CCN(C(=O)c2cc(Br)ccc2F)CC1)=NO. The van der Waals surface area contributed by atoms with Crippen LogP contribution in [0.1, 0.15) is 10.4 Å². The molecule has 0 aromatic heterocycles. The van der Waals surface area contributed by atoms with Crippen molar-refractivity contribution in [1.29, 1.82) is 0 Å². The van der Waals surface area contributed by atoms with Gasteiger partial charge in [0.25, 0.3) is 5.91 Å². The van der Waals surface area contributed by atoms with Crippen LogP contribution < -0.4 is 5.73 Å². The highest BCUT2D eigenvalue weighted by Crippen LogP contribution is 2.18. The van der Waals surface area contributed by atoms with Gasteiger partial charge in [0, 0.05) is 30.7 Å². The van der Waals surface area contributed by atoms with Gasteiger partial charge in [-0.15, -0.1) is 0 Å². The van der Waals surface area contributed by atoms with Gasteiger partial charge in [0.15, 0.2) is 5.84 Å². The van der Waals surface area contributed by atoms with E-state index in [-0.39, 0.29) is 17.3 Å². The summed E-state index contributed by atoms with van der Waals surface area (Å²) >= 11 is 3.24. The third-order valence-corrected chi connectivity index (χ3v) is 3.83. The van der Waals surface area contributed by atoms with Crippen molar-refractivity contribution in [3.8, 4) is 0 Å². The number of nitrogens with zero attached hydrogens (tertiary/aromatic N) is 3. The number of amidine groups is 1.